The Bertz CT molecular complexity index is 1070. The van der Waals surface area contributed by atoms with E-state index in [0.717, 1.165) is 39.2 Å². The third-order valence-corrected chi connectivity index (χ3v) is 4.69. The van der Waals surface area contributed by atoms with E-state index in [1.807, 2.05) is 30.3 Å². The average molecular weight is 342 g/mol. The van der Waals surface area contributed by atoms with Crippen molar-refractivity contribution in [2.45, 2.75) is 26.2 Å². The lowest BCUT2D eigenvalue weighted by Gasteiger charge is -2.19. The molecule has 4 aromatic rings. The van der Waals surface area contributed by atoms with Crippen molar-refractivity contribution in [3.05, 3.63) is 66.5 Å². The van der Waals surface area contributed by atoms with Crippen LogP contribution in [0.4, 0.5) is 5.69 Å². The minimum Gasteiger partial charge on any atom is -0.398 e. The minimum absolute atomic E-state index is 0.139. The van der Waals surface area contributed by atoms with E-state index < -0.39 is 0 Å². The van der Waals surface area contributed by atoms with Gasteiger partial charge in [0, 0.05) is 22.2 Å². The van der Waals surface area contributed by atoms with Crippen molar-refractivity contribution in [1.82, 2.24) is 15.0 Å². The van der Waals surface area contributed by atoms with Crippen molar-refractivity contribution in [1.29, 1.82) is 0 Å². The van der Waals surface area contributed by atoms with E-state index in [2.05, 4.69) is 60.0 Å². The van der Waals surface area contributed by atoms with Crippen LogP contribution in [0.5, 0.6) is 0 Å². The molecule has 0 aliphatic heterocycles. The number of nitrogens with one attached hydrogen (secondary N) is 1. The first-order valence-corrected chi connectivity index (χ1v) is 8.72. The van der Waals surface area contributed by atoms with Gasteiger partial charge >= 0.3 is 0 Å². The van der Waals surface area contributed by atoms with E-state index in [9.17, 15) is 0 Å². The van der Waals surface area contributed by atoms with E-state index in [1.54, 1.807) is 6.33 Å². The summed E-state index contributed by atoms with van der Waals surface area (Å²) >= 11 is 0. The number of hydrogen-bond donors (Lipinski definition) is 2. The van der Waals surface area contributed by atoms with Gasteiger partial charge in [0.05, 0.1) is 17.1 Å². The summed E-state index contributed by atoms with van der Waals surface area (Å²) in [6.07, 6.45) is 1.61. The molecule has 2 aromatic heterocycles. The molecule has 0 saturated heterocycles. The van der Waals surface area contributed by atoms with Crippen LogP contribution in [-0.2, 0) is 5.41 Å². The van der Waals surface area contributed by atoms with E-state index in [1.165, 1.54) is 5.56 Å². The van der Waals surface area contributed by atoms with E-state index in [-0.39, 0.29) is 5.41 Å². The van der Waals surface area contributed by atoms with Gasteiger partial charge in [-0.25, -0.2) is 9.97 Å². The smallest absolute Gasteiger partial charge is 0.116 e. The molecule has 0 fully saturated rings. The van der Waals surface area contributed by atoms with E-state index in [0.29, 0.717) is 0 Å². The highest BCUT2D eigenvalue weighted by molar-refractivity contribution is 5.94. The zero-order valence-electron chi connectivity index (χ0n) is 15.2. The van der Waals surface area contributed by atoms with Crippen LogP contribution in [0.25, 0.3) is 33.5 Å². The first-order chi connectivity index (χ1) is 12.4. The molecular weight excluding hydrogens is 320 g/mol. The van der Waals surface area contributed by atoms with Crippen LogP contribution in [0.15, 0.2) is 60.9 Å². The van der Waals surface area contributed by atoms with Crippen molar-refractivity contribution in [2.24, 2.45) is 0 Å². The van der Waals surface area contributed by atoms with Crippen molar-refractivity contribution in [2.75, 3.05) is 5.73 Å². The van der Waals surface area contributed by atoms with Crippen molar-refractivity contribution in [3.8, 4) is 22.6 Å². The lowest BCUT2D eigenvalue weighted by Crippen LogP contribution is -2.10. The quantitative estimate of drug-likeness (QED) is 0.494. The molecule has 2 aromatic carbocycles. The highest BCUT2D eigenvalue weighted by Gasteiger charge is 2.14. The number of nitrogens with zero attached hydrogens (tertiary/aromatic N) is 2. The van der Waals surface area contributed by atoms with Crippen LogP contribution < -0.4 is 5.73 Å². The Hall–Kier alpha value is -3.14. The second-order valence-electron chi connectivity index (χ2n) is 7.61. The predicted molar refractivity (Wildman–Crippen MR) is 108 cm³/mol. The molecule has 4 rings (SSSR count). The second kappa shape index (κ2) is 5.99. The number of anilines is 1. The molecule has 0 spiro atoms. The number of fused-ring (bicyclic) bond motifs is 1. The lowest BCUT2D eigenvalue weighted by molar-refractivity contribution is 0.590. The SMILES string of the molecule is CC(C)(C)c1ccc(-c2cc(-c3cc4c(N)cccc4[nH]3)ncn2)cc1. The summed E-state index contributed by atoms with van der Waals surface area (Å²) in [5.41, 5.74) is 13.1. The topological polar surface area (TPSA) is 67.6 Å². The minimum atomic E-state index is 0.139. The number of aromatic amines is 1. The van der Waals surface area contributed by atoms with Crippen molar-refractivity contribution >= 4 is 16.6 Å². The molecule has 26 heavy (non-hydrogen) atoms. The fourth-order valence-electron chi connectivity index (χ4n) is 3.12. The van der Waals surface area contributed by atoms with Gasteiger partial charge in [0.2, 0.25) is 0 Å². The van der Waals surface area contributed by atoms with E-state index in [4.69, 9.17) is 5.73 Å². The van der Waals surface area contributed by atoms with Gasteiger partial charge in [0.25, 0.3) is 0 Å². The van der Waals surface area contributed by atoms with Crippen LogP contribution in [0.3, 0.4) is 0 Å². The summed E-state index contributed by atoms with van der Waals surface area (Å²) in [4.78, 5) is 12.3. The molecule has 0 bridgehead atoms. The Kier molecular flexibility index (Phi) is 3.76. The Labute approximate surface area is 153 Å². The molecule has 0 radical (unpaired) electrons. The molecule has 130 valence electrons. The van der Waals surface area contributed by atoms with Crippen molar-refractivity contribution < 1.29 is 0 Å². The first kappa shape index (κ1) is 16.3. The Morgan fingerprint density at radius 3 is 2.31 bits per heavy atom. The maximum absolute atomic E-state index is 6.07. The van der Waals surface area contributed by atoms with Gasteiger partial charge in [-0.05, 0) is 35.2 Å². The van der Waals surface area contributed by atoms with Crippen LogP contribution in [0.1, 0.15) is 26.3 Å². The molecule has 0 aliphatic rings. The number of benzene rings is 2. The summed E-state index contributed by atoms with van der Waals surface area (Å²) in [5, 5.41) is 1.01. The number of nitrogens with two attached hydrogens (primary N) is 1. The van der Waals surface area contributed by atoms with Gasteiger partial charge in [0.15, 0.2) is 0 Å². The average Bonchev–Trinajstić information content (AvgIpc) is 3.07. The molecule has 4 nitrogen and oxygen atoms in total. The normalized spacial score (nSPS) is 11.8. The monoisotopic (exact) mass is 342 g/mol. The number of aromatic nitrogens is 3. The molecule has 0 atom stereocenters. The molecule has 2 heterocycles. The van der Waals surface area contributed by atoms with Crippen molar-refractivity contribution in [3.63, 3.8) is 0 Å². The lowest BCUT2D eigenvalue weighted by atomic mass is 9.86. The summed E-state index contributed by atoms with van der Waals surface area (Å²) < 4.78 is 0. The molecule has 0 amide bonds. The third-order valence-electron chi connectivity index (χ3n) is 4.69. The standard InChI is InChI=1S/C22H22N4/c1-22(2,3)15-9-7-14(8-10-15)19-12-20(25-13-24-19)21-11-16-17(23)5-4-6-18(16)26-21/h4-13,26H,23H2,1-3H3. The van der Waals surface area contributed by atoms with Gasteiger partial charge in [-0.15, -0.1) is 0 Å². The van der Waals surface area contributed by atoms with E-state index >= 15 is 0 Å². The zero-order valence-corrected chi connectivity index (χ0v) is 15.2. The largest absolute Gasteiger partial charge is 0.398 e. The number of nitrogen functional groups attached to an aromatic ring is 1. The van der Waals surface area contributed by atoms with Gasteiger partial charge in [-0.1, -0.05) is 51.1 Å². The van der Waals surface area contributed by atoms with Gasteiger partial charge in [-0.2, -0.15) is 0 Å². The molecule has 3 N–H and O–H groups in total. The molecule has 0 saturated carbocycles. The van der Waals surface area contributed by atoms with Gasteiger partial charge in [0.1, 0.15) is 6.33 Å². The molecule has 0 unspecified atom stereocenters. The summed E-state index contributed by atoms with van der Waals surface area (Å²) in [6.45, 7) is 6.64. The van der Waals surface area contributed by atoms with Crippen LogP contribution in [0, 0.1) is 0 Å². The summed E-state index contributed by atoms with van der Waals surface area (Å²) in [5.74, 6) is 0. The molecular formula is C22H22N4. The maximum atomic E-state index is 6.07. The highest BCUT2D eigenvalue weighted by atomic mass is 14.9. The fraction of sp³-hybridized carbons (Fsp3) is 0.182. The van der Waals surface area contributed by atoms with Gasteiger partial charge in [-0.3, -0.25) is 0 Å². The second-order valence-corrected chi connectivity index (χ2v) is 7.61. The highest BCUT2D eigenvalue weighted by Crippen LogP contribution is 2.29. The van der Waals surface area contributed by atoms with Gasteiger partial charge < -0.3 is 10.7 Å². The van der Waals surface area contributed by atoms with Crippen LogP contribution >= 0.6 is 0 Å². The fourth-order valence-corrected chi connectivity index (χ4v) is 3.12. The third kappa shape index (κ3) is 2.94. The Balaban J connectivity index is 1.73. The zero-order chi connectivity index (χ0) is 18.3. The van der Waals surface area contributed by atoms with Crippen LogP contribution in [0.2, 0.25) is 0 Å². The van der Waals surface area contributed by atoms with Crippen LogP contribution in [-0.4, -0.2) is 15.0 Å². The predicted octanol–water partition coefficient (Wildman–Crippen LogP) is 5.17. The Morgan fingerprint density at radius 1 is 0.885 bits per heavy atom. The summed E-state index contributed by atoms with van der Waals surface area (Å²) in [7, 11) is 0. The number of rotatable bonds is 2. The maximum Gasteiger partial charge on any atom is 0.116 e. The Morgan fingerprint density at radius 2 is 1.62 bits per heavy atom. The molecule has 0 aliphatic carbocycles. The number of hydrogen-bond acceptors (Lipinski definition) is 3. The first-order valence-electron chi connectivity index (χ1n) is 8.72. The summed E-state index contributed by atoms with van der Waals surface area (Å²) in [6, 6.07) is 18.5. The number of H-pyrrole nitrogens is 1. The molecule has 4 heteroatoms.